The number of hydrogen-bond donors (Lipinski definition) is 3. The van der Waals surface area contributed by atoms with Crippen molar-refractivity contribution in [3.8, 4) is 5.75 Å². The Balaban J connectivity index is 1.58. The molecule has 0 radical (unpaired) electrons. The van der Waals surface area contributed by atoms with Crippen LogP contribution in [0.3, 0.4) is 0 Å². The Morgan fingerprint density at radius 1 is 1.24 bits per heavy atom. The molecule has 2 aliphatic heterocycles. The molecule has 0 saturated carbocycles. The summed E-state index contributed by atoms with van der Waals surface area (Å²) in [5, 5.41) is 12.5. The van der Waals surface area contributed by atoms with Gasteiger partial charge in [-0.3, -0.25) is 4.79 Å². The molecule has 3 aliphatic rings. The number of aliphatic hydroxyl groups is 1. The number of rotatable bonds is 9. The largest absolute Gasteiger partial charge is 0.480 e. The lowest BCUT2D eigenvalue weighted by atomic mass is 9.82. The highest BCUT2D eigenvalue weighted by Gasteiger charge is 2.46. The number of hydrogen-bond acceptors (Lipinski definition) is 6. The van der Waals surface area contributed by atoms with Crippen molar-refractivity contribution in [2.24, 2.45) is 5.73 Å². The van der Waals surface area contributed by atoms with Gasteiger partial charge in [-0.15, -0.1) is 0 Å². The topological polar surface area (TPSA) is 103 Å². The minimum Gasteiger partial charge on any atom is -0.480 e. The van der Waals surface area contributed by atoms with Gasteiger partial charge >= 0.3 is 0 Å². The maximum Gasteiger partial charge on any atom is 0.249 e. The molecule has 2 heterocycles. The Labute approximate surface area is 243 Å². The zero-order chi connectivity index (χ0) is 29.3. The normalized spacial score (nSPS) is 29.4. The van der Waals surface area contributed by atoms with Crippen molar-refractivity contribution >= 4 is 23.1 Å². The number of carbonyl (C=O) groups is 1. The molecule has 1 saturated heterocycles. The number of nitrogens with one attached hydrogen (secondary N) is 1. The third kappa shape index (κ3) is 5.92. The molecular weight excluding hydrogens is 554 g/mol. The lowest BCUT2D eigenvalue weighted by molar-refractivity contribution is -0.114. The number of halogens is 3. The van der Waals surface area contributed by atoms with Gasteiger partial charge in [0.15, 0.2) is 11.8 Å². The van der Waals surface area contributed by atoms with Crippen molar-refractivity contribution in [2.45, 2.75) is 69.2 Å². The van der Waals surface area contributed by atoms with E-state index in [-0.39, 0.29) is 65.4 Å². The van der Waals surface area contributed by atoms with Crippen molar-refractivity contribution < 1.29 is 32.9 Å². The molecule has 1 amide bonds. The molecule has 2 aromatic rings. The van der Waals surface area contributed by atoms with Crippen LogP contribution < -0.4 is 15.8 Å². The van der Waals surface area contributed by atoms with Gasteiger partial charge in [0.1, 0.15) is 17.7 Å². The molecule has 0 spiro atoms. The van der Waals surface area contributed by atoms with E-state index in [0.717, 1.165) is 18.4 Å². The van der Waals surface area contributed by atoms with Crippen LogP contribution in [0.25, 0.3) is 5.57 Å². The first-order chi connectivity index (χ1) is 19.6. The summed E-state index contributed by atoms with van der Waals surface area (Å²) in [4.78, 5) is 12.5. The van der Waals surface area contributed by atoms with Gasteiger partial charge in [-0.25, -0.2) is 8.78 Å². The summed E-state index contributed by atoms with van der Waals surface area (Å²) in [5.41, 5.74) is 5.77. The molecular formula is C31H35ClF2N2O5. The summed E-state index contributed by atoms with van der Waals surface area (Å²) < 4.78 is 49.4. The van der Waals surface area contributed by atoms with E-state index in [4.69, 9.17) is 31.5 Å². The number of nitrogens with two attached hydrogens (primary N) is 1. The van der Waals surface area contributed by atoms with Crippen molar-refractivity contribution in [3.63, 3.8) is 0 Å². The Hall–Kier alpha value is -2.82. The van der Waals surface area contributed by atoms with E-state index in [1.54, 1.807) is 0 Å². The number of carbonyl (C=O) groups excluding carboxylic acids is 1. The molecule has 10 heteroatoms. The Bertz CT molecular complexity index is 1340. The van der Waals surface area contributed by atoms with Gasteiger partial charge in [0.25, 0.3) is 0 Å². The summed E-state index contributed by atoms with van der Waals surface area (Å²) >= 11 is 6.55. The van der Waals surface area contributed by atoms with Gasteiger partial charge < -0.3 is 30.4 Å². The van der Waals surface area contributed by atoms with Crippen molar-refractivity contribution in [2.75, 3.05) is 19.8 Å². The second-order valence-corrected chi connectivity index (χ2v) is 11.4. The van der Waals surface area contributed by atoms with E-state index >= 15 is 8.78 Å². The van der Waals surface area contributed by atoms with E-state index in [0.29, 0.717) is 12.1 Å². The third-order valence-corrected chi connectivity index (χ3v) is 8.34. The van der Waals surface area contributed by atoms with Gasteiger partial charge in [-0.2, -0.15) is 0 Å². The fraction of sp³-hybridized carbons (Fsp3) is 0.452. The van der Waals surface area contributed by atoms with Crippen LogP contribution in [-0.4, -0.2) is 61.3 Å². The number of ether oxygens (including phenoxy) is 3. The summed E-state index contributed by atoms with van der Waals surface area (Å²) in [6.45, 7) is 4.03. The molecule has 5 rings (SSSR count). The second kappa shape index (κ2) is 12.2. The molecule has 2 aromatic carbocycles. The zero-order valence-corrected chi connectivity index (χ0v) is 23.8. The van der Waals surface area contributed by atoms with Crippen molar-refractivity contribution in [1.29, 1.82) is 0 Å². The highest BCUT2D eigenvalue weighted by molar-refractivity contribution is 6.33. The molecule has 2 unspecified atom stereocenters. The van der Waals surface area contributed by atoms with Gasteiger partial charge in [-0.05, 0) is 32.3 Å². The van der Waals surface area contributed by atoms with Gasteiger partial charge in [0.2, 0.25) is 5.91 Å². The minimum atomic E-state index is -1.90. The SMILES string of the molecule is C[C@@H]1C[C@@H](NC[C@@]2(c3ccccc3)Cc3c(cc(F)c(Cl)c3C3=C(C(N)=O)C=CC(OCCO)C3F)O2)C[C@H](C)O1. The quantitative estimate of drug-likeness (QED) is 0.402. The maximum atomic E-state index is 16.1. The van der Waals surface area contributed by atoms with E-state index in [1.165, 1.54) is 18.2 Å². The van der Waals surface area contributed by atoms with Crippen LogP contribution >= 0.6 is 11.6 Å². The number of alkyl halides is 1. The minimum absolute atomic E-state index is 0.0380. The highest BCUT2D eigenvalue weighted by atomic mass is 35.5. The van der Waals surface area contributed by atoms with Gasteiger partial charge in [0, 0.05) is 47.3 Å². The lowest BCUT2D eigenvalue weighted by Gasteiger charge is -2.36. The average Bonchev–Trinajstić information content (AvgIpc) is 3.31. The van der Waals surface area contributed by atoms with Crippen LogP contribution in [-0.2, 0) is 26.3 Å². The average molecular weight is 589 g/mol. The standard InChI is InChI=1S/C31H35ClF2N2O5/c1-17-12-20(13-18(2)40-17)36-16-31(19-6-4-3-5-7-19)15-22-25(41-31)14-23(33)28(32)26(22)27-21(30(35)38)8-9-24(29(27)34)39-11-10-37/h3-9,14,17-18,20,24,29,36-37H,10-13,15-16H2,1-2H3,(H2,35,38)/t17-,18+,20-,24?,29?,31-/m1/s1. The molecule has 4 N–H and O–H groups in total. The zero-order valence-electron chi connectivity index (χ0n) is 23.0. The first-order valence-electron chi connectivity index (χ1n) is 13.9. The summed E-state index contributed by atoms with van der Waals surface area (Å²) in [5.74, 6) is -1.48. The van der Waals surface area contributed by atoms with Gasteiger partial charge in [-0.1, -0.05) is 54.1 Å². The smallest absolute Gasteiger partial charge is 0.249 e. The Morgan fingerprint density at radius 3 is 2.61 bits per heavy atom. The Kier molecular flexibility index (Phi) is 8.82. The van der Waals surface area contributed by atoms with Crippen molar-refractivity contribution in [3.05, 3.63) is 81.7 Å². The first-order valence-corrected chi connectivity index (χ1v) is 14.2. The van der Waals surface area contributed by atoms with Crippen LogP contribution in [0, 0.1) is 5.82 Å². The number of amides is 1. The number of benzene rings is 2. The van der Waals surface area contributed by atoms with Gasteiger partial charge in [0.05, 0.1) is 30.4 Å². The summed E-state index contributed by atoms with van der Waals surface area (Å²) in [6, 6.07) is 11.0. The lowest BCUT2D eigenvalue weighted by Crippen LogP contribution is -2.49. The fourth-order valence-electron chi connectivity index (χ4n) is 6.21. The molecule has 7 nitrogen and oxygen atoms in total. The molecule has 0 bridgehead atoms. The second-order valence-electron chi connectivity index (χ2n) is 11.0. The van der Waals surface area contributed by atoms with Crippen LogP contribution in [0.4, 0.5) is 8.78 Å². The van der Waals surface area contributed by atoms with Crippen LogP contribution in [0.15, 0.2) is 54.1 Å². The number of primary amides is 1. The van der Waals surface area contributed by atoms with Crippen LogP contribution in [0.2, 0.25) is 5.02 Å². The summed E-state index contributed by atoms with van der Waals surface area (Å²) in [7, 11) is 0. The highest BCUT2D eigenvalue weighted by Crippen LogP contribution is 2.49. The predicted molar refractivity (Wildman–Crippen MR) is 152 cm³/mol. The monoisotopic (exact) mass is 588 g/mol. The molecule has 1 aliphatic carbocycles. The van der Waals surface area contributed by atoms with Crippen molar-refractivity contribution in [1.82, 2.24) is 5.32 Å². The van der Waals surface area contributed by atoms with Crippen LogP contribution in [0.1, 0.15) is 43.4 Å². The maximum absolute atomic E-state index is 16.1. The Morgan fingerprint density at radius 2 is 1.95 bits per heavy atom. The van der Waals surface area contributed by atoms with E-state index in [9.17, 15) is 9.90 Å². The number of fused-ring (bicyclic) bond motifs is 1. The summed E-state index contributed by atoms with van der Waals surface area (Å²) in [6.07, 6.45) is 1.79. The van der Waals surface area contributed by atoms with E-state index in [1.807, 2.05) is 44.2 Å². The molecule has 1 fully saturated rings. The molecule has 0 aromatic heterocycles. The third-order valence-electron chi connectivity index (χ3n) is 7.97. The predicted octanol–water partition coefficient (Wildman–Crippen LogP) is 4.38. The molecule has 220 valence electrons. The number of aliphatic hydroxyl groups excluding tert-OH is 1. The molecule has 6 atom stereocenters. The van der Waals surface area contributed by atoms with E-state index in [2.05, 4.69) is 5.32 Å². The molecule has 41 heavy (non-hydrogen) atoms. The first kappa shape index (κ1) is 29.7. The van der Waals surface area contributed by atoms with Crippen LogP contribution in [0.5, 0.6) is 5.75 Å². The van der Waals surface area contributed by atoms with E-state index < -0.39 is 29.6 Å². The fourth-order valence-corrected chi connectivity index (χ4v) is 6.48.